The van der Waals surface area contributed by atoms with Crippen LogP contribution in [0.1, 0.15) is 0 Å². The zero-order valence-corrected chi connectivity index (χ0v) is 36.9. The topological polar surface area (TPSA) is 48.0 Å². The average Bonchev–Trinajstić information content (AvgIpc) is 3.99. The van der Waals surface area contributed by atoms with Gasteiger partial charge in [-0.25, -0.2) is 14.5 Å². The van der Waals surface area contributed by atoms with Gasteiger partial charge in [0.05, 0.1) is 33.6 Å². The van der Waals surface area contributed by atoms with Crippen molar-refractivity contribution in [1.82, 2.24) is 24.1 Å². The summed E-state index contributed by atoms with van der Waals surface area (Å²) in [4.78, 5) is 10.4. The highest BCUT2D eigenvalue weighted by Crippen LogP contribution is 2.42. The molecular formula is C63H41N5. The Labute approximate surface area is 393 Å². The van der Waals surface area contributed by atoms with E-state index in [4.69, 9.17) is 15.1 Å². The van der Waals surface area contributed by atoms with Crippen LogP contribution in [0.2, 0.25) is 0 Å². The lowest BCUT2D eigenvalue weighted by atomic mass is 9.94. The molecular weight excluding hydrogens is 827 g/mol. The molecule has 13 aromatic rings. The van der Waals surface area contributed by atoms with Crippen molar-refractivity contribution in [3.05, 3.63) is 249 Å². The van der Waals surface area contributed by atoms with Crippen LogP contribution >= 0.6 is 0 Å². The van der Waals surface area contributed by atoms with Crippen LogP contribution in [0, 0.1) is 0 Å². The third-order valence-corrected chi connectivity index (χ3v) is 13.1. The van der Waals surface area contributed by atoms with Crippen LogP contribution in [0.4, 0.5) is 0 Å². The first-order chi connectivity index (χ1) is 33.7. The molecule has 9 aromatic carbocycles. The third-order valence-electron chi connectivity index (χ3n) is 13.1. The maximum Gasteiger partial charge on any atom is 0.160 e. The van der Waals surface area contributed by atoms with Crippen molar-refractivity contribution in [2.45, 2.75) is 0 Å². The van der Waals surface area contributed by atoms with Crippen molar-refractivity contribution in [3.8, 4) is 84.4 Å². The molecule has 0 unspecified atom stereocenters. The predicted octanol–water partition coefficient (Wildman–Crippen LogP) is 16.0. The fourth-order valence-corrected chi connectivity index (χ4v) is 9.92. The minimum Gasteiger partial charge on any atom is -0.309 e. The summed E-state index contributed by atoms with van der Waals surface area (Å²) in [7, 11) is 0. The monoisotopic (exact) mass is 867 g/mol. The van der Waals surface area contributed by atoms with Crippen LogP contribution < -0.4 is 0 Å². The summed E-state index contributed by atoms with van der Waals surface area (Å²) in [6, 6.07) is 88.0. The van der Waals surface area contributed by atoms with Crippen molar-refractivity contribution in [2.75, 3.05) is 0 Å². The van der Waals surface area contributed by atoms with E-state index < -0.39 is 0 Å². The maximum absolute atomic E-state index is 5.41. The van der Waals surface area contributed by atoms with Gasteiger partial charge in [-0.05, 0) is 70.6 Å². The third kappa shape index (κ3) is 6.76. The second kappa shape index (κ2) is 16.4. The molecule has 0 aliphatic heterocycles. The van der Waals surface area contributed by atoms with E-state index in [0.717, 1.165) is 94.8 Å². The highest BCUT2D eigenvalue weighted by Gasteiger charge is 2.22. The largest absolute Gasteiger partial charge is 0.309 e. The lowest BCUT2D eigenvalue weighted by Gasteiger charge is -2.13. The molecule has 0 saturated heterocycles. The molecule has 0 fully saturated rings. The summed E-state index contributed by atoms with van der Waals surface area (Å²) >= 11 is 0. The number of hydrogen-bond acceptors (Lipinski definition) is 3. The van der Waals surface area contributed by atoms with E-state index in [-0.39, 0.29) is 0 Å². The van der Waals surface area contributed by atoms with Gasteiger partial charge in [0.1, 0.15) is 5.69 Å². The lowest BCUT2D eigenvalue weighted by Crippen LogP contribution is -1.97. The smallest absolute Gasteiger partial charge is 0.160 e. The van der Waals surface area contributed by atoms with Crippen LogP contribution in [-0.4, -0.2) is 24.1 Å². The van der Waals surface area contributed by atoms with Gasteiger partial charge in [-0.15, -0.1) is 0 Å². The van der Waals surface area contributed by atoms with E-state index in [1.54, 1.807) is 0 Å². The molecule has 68 heavy (non-hydrogen) atoms. The average molecular weight is 868 g/mol. The second-order valence-corrected chi connectivity index (χ2v) is 17.2. The van der Waals surface area contributed by atoms with Gasteiger partial charge in [0.25, 0.3) is 0 Å². The van der Waals surface area contributed by atoms with Crippen molar-refractivity contribution < 1.29 is 0 Å². The van der Waals surface area contributed by atoms with Gasteiger partial charge in [-0.1, -0.05) is 200 Å². The fourth-order valence-electron chi connectivity index (χ4n) is 9.92. The number of aromatic nitrogens is 5. The molecule has 5 heteroatoms. The van der Waals surface area contributed by atoms with Gasteiger partial charge >= 0.3 is 0 Å². The Kier molecular flexibility index (Phi) is 9.43. The van der Waals surface area contributed by atoms with E-state index in [1.165, 1.54) is 21.8 Å². The standard InChI is InChI=1S/C63H41N5/c1-5-18-43(19-6-1)59-40-50-39-48(34-37-52(50)62-60(44-20-7-2-8-21-44)61(66-68(59)62)45-22-9-3-10-23-45)47-26-17-27-49(38-47)56-41-55(64-63(65-56)46-24-11-4-12-25-46)42-32-35-51(36-33-42)67-57-30-15-13-28-53(57)54-29-14-16-31-58(54)67/h1-41H. The summed E-state index contributed by atoms with van der Waals surface area (Å²) in [6.07, 6.45) is 0. The lowest BCUT2D eigenvalue weighted by molar-refractivity contribution is 0.979. The number of benzene rings is 9. The number of rotatable bonds is 8. The first-order valence-electron chi connectivity index (χ1n) is 23.0. The first-order valence-corrected chi connectivity index (χ1v) is 23.0. The van der Waals surface area contributed by atoms with Crippen LogP contribution in [-0.2, 0) is 0 Å². The second-order valence-electron chi connectivity index (χ2n) is 17.2. The quantitative estimate of drug-likeness (QED) is 0.153. The van der Waals surface area contributed by atoms with Crippen molar-refractivity contribution in [3.63, 3.8) is 0 Å². The normalized spacial score (nSPS) is 11.5. The van der Waals surface area contributed by atoms with Crippen LogP contribution in [0.3, 0.4) is 0 Å². The number of para-hydroxylation sites is 2. The molecule has 13 rings (SSSR count). The van der Waals surface area contributed by atoms with Crippen molar-refractivity contribution in [2.24, 2.45) is 0 Å². The predicted molar refractivity (Wildman–Crippen MR) is 281 cm³/mol. The fraction of sp³-hybridized carbons (Fsp3) is 0. The first kappa shape index (κ1) is 39.2. The molecule has 4 heterocycles. The van der Waals surface area contributed by atoms with Crippen LogP contribution in [0.5, 0.6) is 0 Å². The number of hydrogen-bond donors (Lipinski definition) is 0. The van der Waals surface area contributed by atoms with Gasteiger partial charge in [-0.3, -0.25) is 0 Å². The number of nitrogens with zero attached hydrogens (tertiary/aromatic N) is 5. The van der Waals surface area contributed by atoms with E-state index in [2.05, 4.69) is 240 Å². The zero-order valence-electron chi connectivity index (χ0n) is 36.9. The van der Waals surface area contributed by atoms with Gasteiger partial charge in [-0.2, -0.15) is 5.10 Å². The van der Waals surface area contributed by atoms with Gasteiger partial charge in [0.15, 0.2) is 5.82 Å². The van der Waals surface area contributed by atoms with Gasteiger partial charge in [0, 0.05) is 55.2 Å². The summed E-state index contributed by atoms with van der Waals surface area (Å²) < 4.78 is 4.50. The molecule has 4 aromatic heterocycles. The summed E-state index contributed by atoms with van der Waals surface area (Å²) in [6.45, 7) is 0. The number of fused-ring (bicyclic) bond motifs is 6. The Morgan fingerprint density at radius 1 is 0.324 bits per heavy atom. The summed E-state index contributed by atoms with van der Waals surface area (Å²) in [5.74, 6) is 0.683. The Morgan fingerprint density at radius 3 is 1.50 bits per heavy atom. The van der Waals surface area contributed by atoms with Gasteiger partial charge in [0.2, 0.25) is 0 Å². The molecule has 5 nitrogen and oxygen atoms in total. The van der Waals surface area contributed by atoms with E-state index in [1.807, 2.05) is 18.2 Å². The molecule has 0 spiro atoms. The molecule has 0 aliphatic carbocycles. The molecule has 0 N–H and O–H groups in total. The van der Waals surface area contributed by atoms with Crippen LogP contribution in [0.15, 0.2) is 249 Å². The molecule has 0 saturated carbocycles. The van der Waals surface area contributed by atoms with E-state index in [0.29, 0.717) is 5.82 Å². The molecule has 0 aliphatic rings. The van der Waals surface area contributed by atoms with Gasteiger partial charge < -0.3 is 4.57 Å². The maximum atomic E-state index is 5.41. The Bertz CT molecular complexity index is 3930. The number of pyridine rings is 1. The summed E-state index contributed by atoms with van der Waals surface area (Å²) in [5, 5.41) is 10.2. The van der Waals surface area contributed by atoms with Crippen LogP contribution in [0.25, 0.3) is 122 Å². The molecule has 0 atom stereocenters. The Balaban J connectivity index is 0.940. The molecule has 0 radical (unpaired) electrons. The van der Waals surface area contributed by atoms with E-state index >= 15 is 0 Å². The molecule has 0 bridgehead atoms. The molecule has 0 amide bonds. The highest BCUT2D eigenvalue weighted by atomic mass is 15.2. The minimum absolute atomic E-state index is 0.683. The summed E-state index contributed by atoms with van der Waals surface area (Å²) in [5.41, 5.74) is 17.9. The Hall–Kier alpha value is -9.19. The molecule has 318 valence electrons. The highest BCUT2D eigenvalue weighted by molar-refractivity contribution is 6.10. The van der Waals surface area contributed by atoms with E-state index in [9.17, 15) is 0 Å². The SMILES string of the molecule is c1ccc(-c2nc(-c3ccc(-n4c5ccccc5c5ccccc54)cc3)cc(-c3cccc(-c4ccc5c(c4)cc(-c4ccccc4)n4nc(-c6ccccc6)c(-c6ccccc6)c54)c3)n2)cc1. The zero-order chi connectivity index (χ0) is 45.0. The Morgan fingerprint density at radius 2 is 0.838 bits per heavy atom. The van der Waals surface area contributed by atoms with Crippen molar-refractivity contribution in [1.29, 1.82) is 0 Å². The van der Waals surface area contributed by atoms with Crippen molar-refractivity contribution >= 4 is 38.1 Å². The minimum atomic E-state index is 0.683.